The second-order valence-electron chi connectivity index (χ2n) is 18.7. The van der Waals surface area contributed by atoms with Gasteiger partial charge in [0, 0.05) is 6.42 Å². The highest BCUT2D eigenvalue weighted by Crippen LogP contribution is 2.17. The molecule has 0 aliphatic rings. The number of aliphatic hydroxyl groups excluding tert-OH is 2. The van der Waals surface area contributed by atoms with Crippen LogP contribution in [0, 0.1) is 0 Å². The van der Waals surface area contributed by atoms with Gasteiger partial charge in [0.15, 0.2) is 0 Å². The van der Waals surface area contributed by atoms with Gasteiger partial charge in [0.25, 0.3) is 0 Å². The van der Waals surface area contributed by atoms with Crippen LogP contribution >= 0.6 is 0 Å². The smallest absolute Gasteiger partial charge is 0.220 e. The quantitative estimate of drug-likeness (QED) is 0.0422. The Morgan fingerprint density at radius 3 is 1.02 bits per heavy atom. The van der Waals surface area contributed by atoms with Crippen molar-refractivity contribution in [1.29, 1.82) is 0 Å². The summed E-state index contributed by atoms with van der Waals surface area (Å²) < 4.78 is 0. The van der Waals surface area contributed by atoms with Gasteiger partial charge in [0.05, 0.1) is 18.8 Å². The van der Waals surface area contributed by atoms with E-state index in [4.69, 9.17) is 0 Å². The molecule has 0 saturated heterocycles. The highest BCUT2D eigenvalue weighted by molar-refractivity contribution is 5.76. The van der Waals surface area contributed by atoms with Crippen molar-refractivity contribution in [2.24, 2.45) is 0 Å². The van der Waals surface area contributed by atoms with E-state index in [1.54, 1.807) is 0 Å². The minimum absolute atomic E-state index is 0.0291. The molecular formula is C55H107NO3. The number of hydrogen-bond donors (Lipinski definition) is 3. The molecule has 3 N–H and O–H groups in total. The molecule has 0 rings (SSSR count). The van der Waals surface area contributed by atoms with E-state index >= 15 is 0 Å². The Labute approximate surface area is 370 Å². The molecule has 2 unspecified atom stereocenters. The summed E-state index contributed by atoms with van der Waals surface area (Å²) in [5.41, 5.74) is 0. The Morgan fingerprint density at radius 1 is 0.407 bits per heavy atom. The van der Waals surface area contributed by atoms with Crippen LogP contribution in [-0.2, 0) is 4.79 Å². The summed E-state index contributed by atoms with van der Waals surface area (Å²) in [5.74, 6) is -0.0291. The molecule has 1 amide bonds. The maximum Gasteiger partial charge on any atom is 0.220 e. The lowest BCUT2D eigenvalue weighted by Crippen LogP contribution is -2.45. The predicted octanol–water partition coefficient (Wildman–Crippen LogP) is 17.5. The van der Waals surface area contributed by atoms with E-state index in [0.29, 0.717) is 12.8 Å². The zero-order valence-electron chi connectivity index (χ0n) is 40.3. The Bertz CT molecular complexity index is 855. The van der Waals surface area contributed by atoms with Crippen LogP contribution < -0.4 is 5.32 Å². The van der Waals surface area contributed by atoms with E-state index in [9.17, 15) is 15.0 Å². The van der Waals surface area contributed by atoms with Gasteiger partial charge in [-0.25, -0.2) is 0 Å². The van der Waals surface area contributed by atoms with E-state index in [1.165, 1.54) is 244 Å². The number of hydrogen-bond acceptors (Lipinski definition) is 3. The van der Waals surface area contributed by atoms with Crippen LogP contribution in [0.4, 0.5) is 0 Å². The normalized spacial score (nSPS) is 12.9. The number of unbranched alkanes of at least 4 members (excludes halogenated alkanes) is 39. The standard InChI is InChI=1S/C55H107NO3/c1-3-5-7-9-11-13-14-15-16-17-18-19-20-21-22-23-24-25-26-27-28-29-30-31-32-33-34-35-36-37-38-39-40-41-42-43-45-47-49-51-55(59)56-53(52-57)54(58)50-48-46-44-12-10-8-6-4-2/h14-15,17-18,53-54,57-58H,3-13,16,19-52H2,1-2H3,(H,56,59)/b15-14-,18-17-. The van der Waals surface area contributed by atoms with Crippen molar-refractivity contribution in [2.75, 3.05) is 6.61 Å². The molecule has 59 heavy (non-hydrogen) atoms. The van der Waals surface area contributed by atoms with Gasteiger partial charge in [0.1, 0.15) is 0 Å². The first kappa shape index (κ1) is 57.9. The molecule has 0 aromatic rings. The van der Waals surface area contributed by atoms with Crippen molar-refractivity contribution in [1.82, 2.24) is 5.32 Å². The van der Waals surface area contributed by atoms with E-state index in [0.717, 1.165) is 32.1 Å². The lowest BCUT2D eigenvalue weighted by Gasteiger charge is -2.22. The van der Waals surface area contributed by atoms with Crippen LogP contribution in [0.1, 0.15) is 303 Å². The number of amides is 1. The van der Waals surface area contributed by atoms with Gasteiger partial charge in [-0.3, -0.25) is 4.79 Å². The molecule has 0 fully saturated rings. The first-order valence-corrected chi connectivity index (χ1v) is 27.0. The average molecular weight is 830 g/mol. The molecule has 0 aromatic carbocycles. The zero-order valence-corrected chi connectivity index (χ0v) is 40.3. The van der Waals surface area contributed by atoms with E-state index < -0.39 is 12.1 Å². The highest BCUT2D eigenvalue weighted by Gasteiger charge is 2.20. The van der Waals surface area contributed by atoms with Crippen LogP contribution in [0.15, 0.2) is 24.3 Å². The molecule has 0 heterocycles. The lowest BCUT2D eigenvalue weighted by molar-refractivity contribution is -0.123. The van der Waals surface area contributed by atoms with Crippen molar-refractivity contribution in [3.8, 4) is 0 Å². The SMILES string of the molecule is CCCCCCC/C=C\C/C=C\CCCCCCCCCCCCCCCCCCCCCCCCCCCCCC(=O)NC(CO)C(O)CCCCCCCCCC. The number of allylic oxidation sites excluding steroid dienone is 4. The molecule has 0 aliphatic heterocycles. The average Bonchev–Trinajstić information content (AvgIpc) is 3.24. The monoisotopic (exact) mass is 830 g/mol. The maximum atomic E-state index is 12.4. The summed E-state index contributed by atoms with van der Waals surface area (Å²) in [6.45, 7) is 4.33. The van der Waals surface area contributed by atoms with Crippen molar-refractivity contribution in [3.63, 3.8) is 0 Å². The summed E-state index contributed by atoms with van der Waals surface area (Å²) in [4.78, 5) is 12.4. The Kier molecular flexibility index (Phi) is 50.2. The van der Waals surface area contributed by atoms with Gasteiger partial charge in [0.2, 0.25) is 5.91 Å². The van der Waals surface area contributed by atoms with Gasteiger partial charge in [-0.2, -0.15) is 0 Å². The second-order valence-corrected chi connectivity index (χ2v) is 18.7. The topological polar surface area (TPSA) is 69.6 Å². The first-order chi connectivity index (χ1) is 29.2. The van der Waals surface area contributed by atoms with Gasteiger partial charge < -0.3 is 15.5 Å². The van der Waals surface area contributed by atoms with Gasteiger partial charge in [-0.05, 0) is 44.9 Å². The molecule has 0 bridgehead atoms. The Morgan fingerprint density at radius 2 is 0.695 bits per heavy atom. The molecule has 4 heteroatoms. The van der Waals surface area contributed by atoms with Crippen molar-refractivity contribution in [2.45, 2.75) is 315 Å². The second kappa shape index (κ2) is 51.2. The van der Waals surface area contributed by atoms with E-state index in [-0.39, 0.29) is 12.5 Å². The summed E-state index contributed by atoms with van der Waals surface area (Å²) >= 11 is 0. The molecule has 0 spiro atoms. The molecule has 4 nitrogen and oxygen atoms in total. The Balaban J connectivity index is 3.30. The molecule has 0 aliphatic carbocycles. The van der Waals surface area contributed by atoms with Crippen molar-refractivity contribution >= 4 is 5.91 Å². The largest absolute Gasteiger partial charge is 0.394 e. The third kappa shape index (κ3) is 47.8. The highest BCUT2D eigenvalue weighted by atomic mass is 16.3. The molecular weight excluding hydrogens is 723 g/mol. The van der Waals surface area contributed by atoms with Crippen LogP contribution in [0.5, 0.6) is 0 Å². The molecule has 0 saturated carbocycles. The minimum Gasteiger partial charge on any atom is -0.394 e. The zero-order chi connectivity index (χ0) is 42.8. The van der Waals surface area contributed by atoms with Crippen LogP contribution in [0.25, 0.3) is 0 Å². The minimum atomic E-state index is -0.653. The van der Waals surface area contributed by atoms with Crippen molar-refractivity contribution < 1.29 is 15.0 Å². The van der Waals surface area contributed by atoms with Crippen LogP contribution in [-0.4, -0.2) is 34.9 Å². The van der Waals surface area contributed by atoms with Gasteiger partial charge in [-0.15, -0.1) is 0 Å². The fourth-order valence-corrected chi connectivity index (χ4v) is 8.57. The molecule has 2 atom stereocenters. The fourth-order valence-electron chi connectivity index (χ4n) is 8.57. The molecule has 350 valence electrons. The summed E-state index contributed by atoms with van der Waals surface area (Å²) in [5, 5.41) is 23.0. The summed E-state index contributed by atoms with van der Waals surface area (Å²) in [6.07, 6.45) is 67.6. The summed E-state index contributed by atoms with van der Waals surface area (Å²) in [6, 6.07) is -0.530. The van der Waals surface area contributed by atoms with Gasteiger partial charge in [-0.1, -0.05) is 276 Å². The van der Waals surface area contributed by atoms with Gasteiger partial charge >= 0.3 is 0 Å². The van der Waals surface area contributed by atoms with E-state index in [1.807, 2.05) is 0 Å². The fraction of sp³-hybridized carbons (Fsp3) is 0.909. The van der Waals surface area contributed by atoms with Crippen molar-refractivity contribution in [3.05, 3.63) is 24.3 Å². The molecule has 0 aromatic heterocycles. The first-order valence-electron chi connectivity index (χ1n) is 27.0. The molecule has 0 radical (unpaired) electrons. The van der Waals surface area contributed by atoms with Crippen LogP contribution in [0.2, 0.25) is 0 Å². The lowest BCUT2D eigenvalue weighted by atomic mass is 10.0. The Hall–Kier alpha value is -1.13. The number of aliphatic hydroxyl groups is 2. The third-order valence-electron chi connectivity index (χ3n) is 12.7. The van der Waals surface area contributed by atoms with Crippen LogP contribution in [0.3, 0.4) is 0 Å². The third-order valence-corrected chi connectivity index (χ3v) is 12.7. The maximum absolute atomic E-state index is 12.4. The number of carbonyl (C=O) groups excluding carboxylic acids is 1. The number of rotatable bonds is 50. The number of nitrogens with one attached hydrogen (secondary N) is 1. The van der Waals surface area contributed by atoms with E-state index in [2.05, 4.69) is 43.5 Å². The summed E-state index contributed by atoms with van der Waals surface area (Å²) in [7, 11) is 0. The predicted molar refractivity (Wildman–Crippen MR) is 262 cm³/mol. The number of carbonyl (C=O) groups is 1.